The zero-order valence-corrected chi connectivity index (χ0v) is 12.7. The molecule has 1 aliphatic carbocycles. The molecule has 1 saturated carbocycles. The summed E-state index contributed by atoms with van der Waals surface area (Å²) in [5.74, 6) is -3.29. The molecule has 3 rings (SSSR count). The van der Waals surface area contributed by atoms with Crippen LogP contribution in [0.4, 0.5) is 8.78 Å². The zero-order valence-electron chi connectivity index (χ0n) is 12.7. The van der Waals surface area contributed by atoms with Crippen LogP contribution >= 0.6 is 0 Å². The van der Waals surface area contributed by atoms with Crippen molar-refractivity contribution < 1.29 is 23.5 Å². The van der Waals surface area contributed by atoms with Gasteiger partial charge in [-0.3, -0.25) is 4.79 Å². The topological polar surface area (TPSA) is 57.6 Å². The Balaban J connectivity index is 1.83. The highest BCUT2D eigenvalue weighted by atomic mass is 19.2. The van der Waals surface area contributed by atoms with Crippen LogP contribution in [0.15, 0.2) is 18.2 Å². The molecule has 1 heterocycles. The molecule has 0 aromatic heterocycles. The second-order valence-corrected chi connectivity index (χ2v) is 6.39. The number of carbonyl (C=O) groups is 2. The summed E-state index contributed by atoms with van der Waals surface area (Å²) in [7, 11) is 0. The van der Waals surface area contributed by atoms with Crippen molar-refractivity contribution in [2.45, 2.75) is 50.6 Å². The highest BCUT2D eigenvalue weighted by Gasteiger charge is 2.47. The number of carboxylic acids is 1. The van der Waals surface area contributed by atoms with Crippen molar-refractivity contribution in [3.8, 4) is 0 Å². The third-order valence-electron chi connectivity index (χ3n) is 5.03. The highest BCUT2D eigenvalue weighted by molar-refractivity contribution is 5.86. The van der Waals surface area contributed by atoms with E-state index in [2.05, 4.69) is 0 Å². The number of carboxylic acid groups (broad SMARTS) is 1. The Morgan fingerprint density at radius 2 is 1.96 bits per heavy atom. The predicted octanol–water partition coefficient (Wildman–Crippen LogP) is 2.75. The fourth-order valence-corrected chi connectivity index (χ4v) is 3.98. The van der Waals surface area contributed by atoms with E-state index in [0.717, 1.165) is 31.7 Å². The van der Waals surface area contributed by atoms with Crippen LogP contribution in [-0.4, -0.2) is 34.0 Å². The molecule has 4 nitrogen and oxygen atoms in total. The van der Waals surface area contributed by atoms with Gasteiger partial charge in [0.1, 0.15) is 6.04 Å². The van der Waals surface area contributed by atoms with E-state index in [1.54, 1.807) is 0 Å². The molecule has 2 fully saturated rings. The van der Waals surface area contributed by atoms with Crippen molar-refractivity contribution in [3.05, 3.63) is 35.4 Å². The Bertz CT molecular complexity index is 634. The summed E-state index contributed by atoms with van der Waals surface area (Å²) in [6.07, 6.45) is 3.87. The van der Waals surface area contributed by atoms with Gasteiger partial charge in [0, 0.05) is 11.6 Å². The van der Waals surface area contributed by atoms with Crippen molar-refractivity contribution in [2.75, 3.05) is 0 Å². The van der Waals surface area contributed by atoms with Crippen LogP contribution in [0.2, 0.25) is 0 Å². The van der Waals surface area contributed by atoms with Gasteiger partial charge in [0.25, 0.3) is 0 Å². The molecule has 2 aliphatic rings. The minimum Gasteiger partial charge on any atom is -0.480 e. The smallest absolute Gasteiger partial charge is 0.326 e. The SMILES string of the molecule is O=C(O)C1CC2CCCCC2N1C(=O)Cc1cccc(F)c1F. The fourth-order valence-electron chi connectivity index (χ4n) is 3.98. The Kier molecular flexibility index (Phi) is 4.33. The van der Waals surface area contributed by atoms with Crippen LogP contribution in [0.3, 0.4) is 0 Å². The fraction of sp³-hybridized carbons (Fsp3) is 0.529. The molecule has 0 radical (unpaired) electrons. The lowest BCUT2D eigenvalue weighted by Crippen LogP contribution is -2.47. The zero-order chi connectivity index (χ0) is 16.6. The number of halogens is 2. The van der Waals surface area contributed by atoms with E-state index in [-0.39, 0.29) is 23.9 Å². The monoisotopic (exact) mass is 323 g/mol. The molecule has 124 valence electrons. The molecule has 1 aliphatic heterocycles. The van der Waals surface area contributed by atoms with Crippen LogP contribution in [0.25, 0.3) is 0 Å². The maximum atomic E-state index is 13.8. The van der Waals surface area contributed by atoms with Gasteiger partial charge in [-0.05, 0) is 31.2 Å². The number of aliphatic carboxylic acids is 1. The average Bonchev–Trinajstić information content (AvgIpc) is 2.91. The molecular formula is C17H19F2NO3. The summed E-state index contributed by atoms with van der Waals surface area (Å²) in [5, 5.41) is 9.42. The summed E-state index contributed by atoms with van der Waals surface area (Å²) in [6.45, 7) is 0. The van der Waals surface area contributed by atoms with E-state index in [1.165, 1.54) is 17.0 Å². The van der Waals surface area contributed by atoms with Gasteiger partial charge in [-0.15, -0.1) is 0 Å². The van der Waals surface area contributed by atoms with Crippen LogP contribution in [0.1, 0.15) is 37.7 Å². The molecule has 6 heteroatoms. The van der Waals surface area contributed by atoms with Crippen molar-refractivity contribution in [1.29, 1.82) is 0 Å². The van der Waals surface area contributed by atoms with E-state index in [9.17, 15) is 23.5 Å². The van der Waals surface area contributed by atoms with Gasteiger partial charge in [-0.25, -0.2) is 13.6 Å². The van der Waals surface area contributed by atoms with E-state index in [0.29, 0.717) is 6.42 Å². The first-order valence-electron chi connectivity index (χ1n) is 7.96. The minimum absolute atomic E-state index is 0.0293. The van der Waals surface area contributed by atoms with Gasteiger partial charge in [0.2, 0.25) is 5.91 Å². The number of likely N-dealkylation sites (tertiary alicyclic amines) is 1. The van der Waals surface area contributed by atoms with Gasteiger partial charge in [0.05, 0.1) is 6.42 Å². The lowest BCUT2D eigenvalue weighted by Gasteiger charge is -2.33. The number of hydrogen-bond acceptors (Lipinski definition) is 2. The third kappa shape index (κ3) is 2.94. The van der Waals surface area contributed by atoms with Gasteiger partial charge in [0.15, 0.2) is 11.6 Å². The van der Waals surface area contributed by atoms with Crippen LogP contribution < -0.4 is 0 Å². The van der Waals surface area contributed by atoms with Crippen molar-refractivity contribution in [2.24, 2.45) is 5.92 Å². The second kappa shape index (κ2) is 6.26. The predicted molar refractivity (Wildman–Crippen MR) is 78.7 cm³/mol. The number of fused-ring (bicyclic) bond motifs is 1. The maximum absolute atomic E-state index is 13.8. The first-order chi connectivity index (χ1) is 11.0. The number of nitrogens with zero attached hydrogens (tertiary/aromatic N) is 1. The number of rotatable bonds is 3. The van der Waals surface area contributed by atoms with Crippen molar-refractivity contribution >= 4 is 11.9 Å². The molecule has 3 unspecified atom stereocenters. The number of benzene rings is 1. The normalized spacial score (nSPS) is 26.9. The molecule has 1 N–H and O–H groups in total. The summed E-state index contributed by atoms with van der Waals surface area (Å²) in [5.41, 5.74) is -0.0293. The first-order valence-corrected chi connectivity index (χ1v) is 7.96. The summed E-state index contributed by atoms with van der Waals surface area (Å²) in [6, 6.07) is 2.76. The molecule has 0 bridgehead atoms. The van der Waals surface area contributed by atoms with E-state index < -0.39 is 29.6 Å². The molecule has 23 heavy (non-hydrogen) atoms. The minimum atomic E-state index is -1.04. The van der Waals surface area contributed by atoms with E-state index in [1.807, 2.05) is 0 Å². The van der Waals surface area contributed by atoms with Crippen LogP contribution in [0, 0.1) is 17.6 Å². The lowest BCUT2D eigenvalue weighted by atomic mass is 9.84. The van der Waals surface area contributed by atoms with Gasteiger partial charge in [-0.2, -0.15) is 0 Å². The molecule has 3 atom stereocenters. The number of hydrogen-bond donors (Lipinski definition) is 1. The summed E-state index contributed by atoms with van der Waals surface area (Å²) >= 11 is 0. The molecule has 1 saturated heterocycles. The van der Waals surface area contributed by atoms with Crippen LogP contribution in [0.5, 0.6) is 0 Å². The average molecular weight is 323 g/mol. The quantitative estimate of drug-likeness (QED) is 0.930. The van der Waals surface area contributed by atoms with E-state index in [4.69, 9.17) is 0 Å². The Morgan fingerprint density at radius 3 is 2.70 bits per heavy atom. The first kappa shape index (κ1) is 15.9. The van der Waals surface area contributed by atoms with Crippen molar-refractivity contribution in [3.63, 3.8) is 0 Å². The standard InChI is InChI=1S/C17H19F2NO3/c18-12-6-3-5-11(16(12)19)9-15(21)20-13-7-2-1-4-10(13)8-14(20)17(22)23/h3,5-6,10,13-14H,1-2,4,7-9H2,(H,22,23). The molecule has 1 aromatic carbocycles. The summed E-state index contributed by atoms with van der Waals surface area (Å²) in [4.78, 5) is 25.5. The Hall–Kier alpha value is -1.98. The van der Waals surface area contributed by atoms with Gasteiger partial charge in [-0.1, -0.05) is 25.0 Å². The molecular weight excluding hydrogens is 304 g/mol. The third-order valence-corrected chi connectivity index (χ3v) is 5.03. The maximum Gasteiger partial charge on any atom is 0.326 e. The molecule has 1 aromatic rings. The van der Waals surface area contributed by atoms with E-state index >= 15 is 0 Å². The van der Waals surface area contributed by atoms with Crippen LogP contribution in [-0.2, 0) is 16.0 Å². The second-order valence-electron chi connectivity index (χ2n) is 6.39. The largest absolute Gasteiger partial charge is 0.480 e. The van der Waals surface area contributed by atoms with Gasteiger partial charge < -0.3 is 10.0 Å². The summed E-state index contributed by atoms with van der Waals surface area (Å²) < 4.78 is 27.1. The van der Waals surface area contributed by atoms with Crippen molar-refractivity contribution in [1.82, 2.24) is 4.90 Å². The molecule has 0 spiro atoms. The lowest BCUT2D eigenvalue weighted by molar-refractivity contribution is -0.149. The highest BCUT2D eigenvalue weighted by Crippen LogP contribution is 2.40. The Morgan fingerprint density at radius 1 is 1.22 bits per heavy atom. The number of carbonyl (C=O) groups excluding carboxylic acids is 1. The number of amides is 1. The molecule has 1 amide bonds. The van der Waals surface area contributed by atoms with Gasteiger partial charge >= 0.3 is 5.97 Å². The Labute approximate surface area is 133 Å².